The topological polar surface area (TPSA) is 178 Å². The average molecular weight is 713 g/mol. The zero-order valence-electron chi connectivity index (χ0n) is 27.2. The number of dihydropyridines is 1. The largest absolute Gasteiger partial charge is 0.511 e. The van der Waals surface area contributed by atoms with Crippen LogP contribution < -0.4 is 15.4 Å². The molecular formula is C36H44N2O9S2. The minimum absolute atomic E-state index is 0.0438. The van der Waals surface area contributed by atoms with Crippen LogP contribution in [0.4, 0.5) is 0 Å². The molecule has 1 saturated carbocycles. The molecule has 1 aromatic carbocycles. The van der Waals surface area contributed by atoms with Crippen LogP contribution in [0.2, 0.25) is 0 Å². The lowest BCUT2D eigenvalue weighted by atomic mass is 9.60. The molecule has 1 spiro atoms. The van der Waals surface area contributed by atoms with Crippen molar-refractivity contribution < 1.29 is 44.6 Å². The summed E-state index contributed by atoms with van der Waals surface area (Å²) in [7, 11) is 2.86. The second kappa shape index (κ2) is 14.1. The van der Waals surface area contributed by atoms with Gasteiger partial charge in [0, 0.05) is 17.9 Å². The van der Waals surface area contributed by atoms with E-state index in [0.29, 0.717) is 24.8 Å². The lowest BCUT2D eigenvalue weighted by molar-refractivity contribution is -0.315. The van der Waals surface area contributed by atoms with Crippen LogP contribution in [0.15, 0.2) is 65.2 Å². The highest BCUT2D eigenvalue weighted by Gasteiger charge is 2.59. The first-order chi connectivity index (χ1) is 23.7. The van der Waals surface area contributed by atoms with Gasteiger partial charge in [-0.3, -0.25) is 9.59 Å². The van der Waals surface area contributed by atoms with Crippen LogP contribution in [0.3, 0.4) is 0 Å². The Bertz CT molecular complexity index is 1600. The van der Waals surface area contributed by atoms with Crippen molar-refractivity contribution in [3.05, 3.63) is 76.4 Å². The van der Waals surface area contributed by atoms with Crippen LogP contribution in [0, 0.1) is 17.3 Å². The molecule has 3 aliphatic heterocycles. The molecule has 0 unspecified atom stereocenters. The van der Waals surface area contributed by atoms with Gasteiger partial charge in [0.2, 0.25) is 6.29 Å². The molecule has 1 aromatic rings. The third-order valence-corrected chi connectivity index (χ3v) is 13.2. The van der Waals surface area contributed by atoms with Crippen molar-refractivity contribution in [2.24, 2.45) is 17.3 Å². The Labute approximate surface area is 293 Å². The first-order valence-electron chi connectivity index (χ1n) is 17.1. The van der Waals surface area contributed by atoms with Gasteiger partial charge in [-0.2, -0.15) is 0 Å². The van der Waals surface area contributed by atoms with Crippen molar-refractivity contribution in [1.82, 2.24) is 10.6 Å². The lowest BCUT2D eigenvalue weighted by Crippen LogP contribution is -2.68. The van der Waals surface area contributed by atoms with E-state index >= 15 is 0 Å². The smallest absolute Gasteiger partial charge is 0.229 e. The highest BCUT2D eigenvalue weighted by atomic mass is 33.1. The Morgan fingerprint density at radius 2 is 1.84 bits per heavy atom. The Balaban J connectivity index is 1.30. The number of ketones is 2. The van der Waals surface area contributed by atoms with Crippen LogP contribution in [-0.2, 0) is 4.74 Å². The van der Waals surface area contributed by atoms with Gasteiger partial charge in [-0.25, -0.2) is 0 Å². The van der Waals surface area contributed by atoms with Gasteiger partial charge in [0.1, 0.15) is 40.8 Å². The number of benzene rings is 1. The second-order valence-corrected chi connectivity index (χ2v) is 16.4. The summed E-state index contributed by atoms with van der Waals surface area (Å²) >= 11 is 0. The summed E-state index contributed by atoms with van der Waals surface area (Å²) in [6, 6.07) is 4.62. The molecule has 3 aliphatic carbocycles. The van der Waals surface area contributed by atoms with Crippen LogP contribution in [0.5, 0.6) is 5.75 Å². The molecule has 49 heavy (non-hydrogen) atoms. The van der Waals surface area contributed by atoms with Crippen LogP contribution in [0.1, 0.15) is 72.1 Å². The quantitative estimate of drug-likeness (QED) is 0.226. The van der Waals surface area contributed by atoms with Gasteiger partial charge in [-0.15, -0.1) is 0 Å². The fourth-order valence-corrected chi connectivity index (χ4v) is 10.4. The molecule has 0 amide bonds. The Morgan fingerprint density at radius 3 is 2.63 bits per heavy atom. The number of aliphatic hydroxyl groups is 5. The third kappa shape index (κ3) is 6.25. The third-order valence-electron chi connectivity index (χ3n) is 11.0. The molecule has 11 nitrogen and oxygen atoms in total. The van der Waals surface area contributed by atoms with Crippen molar-refractivity contribution >= 4 is 33.2 Å². The summed E-state index contributed by atoms with van der Waals surface area (Å²) in [5.41, 5.74) is -1.92. The van der Waals surface area contributed by atoms with Crippen LogP contribution >= 0.6 is 21.6 Å². The molecule has 3 heterocycles. The van der Waals surface area contributed by atoms with Crippen molar-refractivity contribution in [3.63, 3.8) is 0 Å². The van der Waals surface area contributed by atoms with E-state index in [2.05, 4.69) is 10.6 Å². The number of carbonyl (C=O) groups is 2. The van der Waals surface area contributed by atoms with Gasteiger partial charge >= 0.3 is 0 Å². The fourth-order valence-electron chi connectivity index (χ4n) is 8.18. The first kappa shape index (κ1) is 34.7. The first-order valence-corrected chi connectivity index (χ1v) is 19.6. The summed E-state index contributed by atoms with van der Waals surface area (Å²) in [6.45, 7) is -0.146. The van der Waals surface area contributed by atoms with Gasteiger partial charge in [0.15, 0.2) is 11.6 Å². The SMILES string of the molecule is O=C1c2cccc3c2C(=O)[C@]2(CSSCNC4=CC(=CCN4)CC[C@]4(O)[C@H](O)[C@@H](CO)O[C@@H](O3)[C@@H]4O)C(O)=CC(CC3CCCCC3)=C[C@H]12. The van der Waals surface area contributed by atoms with E-state index in [4.69, 9.17) is 9.47 Å². The van der Waals surface area contributed by atoms with Gasteiger partial charge in [-0.05, 0) is 54.5 Å². The van der Waals surface area contributed by atoms with E-state index in [0.717, 1.165) is 49.1 Å². The molecular weight excluding hydrogens is 669 g/mol. The second-order valence-electron chi connectivity index (χ2n) is 13.9. The summed E-state index contributed by atoms with van der Waals surface area (Å²) in [6.07, 6.45) is 7.72. The van der Waals surface area contributed by atoms with Gasteiger partial charge < -0.3 is 45.6 Å². The number of allylic oxidation sites excluding steroid dienone is 6. The number of hydrogen-bond acceptors (Lipinski definition) is 13. The van der Waals surface area contributed by atoms with Crippen molar-refractivity contribution in [2.75, 3.05) is 24.8 Å². The molecule has 0 aromatic heterocycles. The number of hydrogen-bond donors (Lipinski definition) is 7. The van der Waals surface area contributed by atoms with E-state index in [-0.39, 0.29) is 40.6 Å². The zero-order valence-corrected chi connectivity index (χ0v) is 28.8. The molecule has 7 N–H and O–H groups in total. The number of carbonyl (C=O) groups excluding carboxylic acids is 2. The number of aliphatic hydroxyl groups excluding tert-OH is 4. The minimum Gasteiger partial charge on any atom is -0.511 e. The Morgan fingerprint density at radius 1 is 1.02 bits per heavy atom. The maximum atomic E-state index is 14.9. The van der Waals surface area contributed by atoms with Gasteiger partial charge in [0.05, 0.1) is 29.8 Å². The molecule has 264 valence electrons. The summed E-state index contributed by atoms with van der Waals surface area (Å²) in [5, 5.41) is 62.9. The van der Waals surface area contributed by atoms with E-state index in [9.17, 15) is 35.1 Å². The maximum absolute atomic E-state index is 14.9. The zero-order chi connectivity index (χ0) is 34.3. The van der Waals surface area contributed by atoms with Gasteiger partial charge in [0.25, 0.3) is 0 Å². The predicted octanol–water partition coefficient (Wildman–Crippen LogP) is 3.66. The highest BCUT2D eigenvalue weighted by molar-refractivity contribution is 8.76. The van der Waals surface area contributed by atoms with Crippen molar-refractivity contribution in [1.29, 1.82) is 0 Å². The van der Waals surface area contributed by atoms with Crippen LogP contribution in [-0.4, -0.2) is 92.1 Å². The molecule has 6 aliphatic rings. The monoisotopic (exact) mass is 712 g/mol. The number of rotatable bonds is 3. The van der Waals surface area contributed by atoms with E-state index in [1.54, 1.807) is 18.2 Å². The van der Waals surface area contributed by atoms with E-state index < -0.39 is 53.9 Å². The molecule has 7 atom stereocenters. The molecule has 13 heteroatoms. The number of nitrogens with one attached hydrogen (secondary N) is 2. The van der Waals surface area contributed by atoms with E-state index in [1.807, 2.05) is 18.2 Å². The average Bonchev–Trinajstić information content (AvgIpc) is 3.11. The Hall–Kier alpha value is -2.78. The molecule has 2 fully saturated rings. The molecule has 0 radical (unpaired) electrons. The normalized spacial score (nSPS) is 35.5. The highest BCUT2D eigenvalue weighted by Crippen LogP contribution is 2.53. The number of ether oxygens (including phenoxy) is 2. The van der Waals surface area contributed by atoms with Crippen molar-refractivity contribution in [2.45, 2.75) is 81.6 Å². The summed E-state index contributed by atoms with van der Waals surface area (Å²) in [5.74, 6) is -0.185. The minimum atomic E-state index is -2.15. The summed E-state index contributed by atoms with van der Waals surface area (Å²) < 4.78 is 11.9. The lowest BCUT2D eigenvalue weighted by Gasteiger charge is -2.48. The summed E-state index contributed by atoms with van der Waals surface area (Å²) in [4.78, 5) is 29.3. The molecule has 1 saturated heterocycles. The van der Waals surface area contributed by atoms with Crippen molar-refractivity contribution in [3.8, 4) is 5.75 Å². The van der Waals surface area contributed by atoms with Crippen LogP contribution in [0.25, 0.3) is 0 Å². The standard InChI is InChI=1S/C36H44N2O9S2/c39-17-26-31(42)36(45)11-9-21-10-12-37-28(16-21)38-19-49-48-18-35-24(14-22(15-27(35)40)13-20-5-2-1-3-6-20)30(41)23-7-4-8-25(29(23)32(35)43)46-34(47-26)33(36)44/h4,7-8,10,14-16,20,24,26,31,33-34,37-40,42,44-45H,1-3,5-6,9,11-13,17-19H2/t24-,26-,31-,33+,34-,35+,36+/m1/s1. The maximum Gasteiger partial charge on any atom is 0.229 e. The fraction of sp³-hybridized carbons (Fsp3) is 0.556. The predicted molar refractivity (Wildman–Crippen MR) is 186 cm³/mol. The Kier molecular flexibility index (Phi) is 9.97. The molecule has 6 bridgehead atoms. The number of Topliss-reactive ketones (excluding diaryl/α,β-unsaturated/α-hetero) is 2. The van der Waals surface area contributed by atoms with E-state index in [1.165, 1.54) is 34.1 Å². The molecule has 7 rings (SSSR count). The number of fused-ring (bicyclic) bond motifs is 3. The van der Waals surface area contributed by atoms with Gasteiger partial charge in [-0.1, -0.05) is 78.0 Å².